The highest BCUT2D eigenvalue weighted by molar-refractivity contribution is 7.10. The van der Waals surface area contributed by atoms with Crippen molar-refractivity contribution in [2.24, 2.45) is 7.05 Å². The maximum Gasteiger partial charge on any atom is 0.186 e. The van der Waals surface area contributed by atoms with Crippen LogP contribution in [-0.2, 0) is 13.5 Å². The molecule has 15 heavy (non-hydrogen) atoms. The monoisotopic (exact) mass is 220 g/mol. The average molecular weight is 220 g/mol. The van der Waals surface area contributed by atoms with E-state index in [9.17, 15) is 4.79 Å². The number of Topliss-reactive ketones (excluding diaryl/α,β-unsaturated/α-hetero) is 1. The Morgan fingerprint density at radius 1 is 1.60 bits per heavy atom. The van der Waals surface area contributed by atoms with E-state index in [0.29, 0.717) is 12.1 Å². The van der Waals surface area contributed by atoms with Gasteiger partial charge in [-0.1, -0.05) is 6.07 Å². The zero-order chi connectivity index (χ0) is 10.8. The lowest BCUT2D eigenvalue weighted by molar-refractivity contribution is 0.0984. The van der Waals surface area contributed by atoms with Crippen molar-refractivity contribution in [3.05, 3.63) is 39.8 Å². The smallest absolute Gasteiger partial charge is 0.186 e. The summed E-state index contributed by atoms with van der Waals surface area (Å²) in [5.41, 5.74) is 1.66. The number of hydrogen-bond acceptors (Lipinski definition) is 3. The molecule has 0 bridgehead atoms. The topological polar surface area (TPSA) is 34.9 Å². The molecule has 2 rings (SSSR count). The van der Waals surface area contributed by atoms with Crippen LogP contribution in [0, 0.1) is 6.92 Å². The predicted molar refractivity (Wildman–Crippen MR) is 60.3 cm³/mol. The maximum atomic E-state index is 12.0. The molecule has 0 atom stereocenters. The second-order valence-corrected chi connectivity index (χ2v) is 4.51. The number of thiophene rings is 1. The number of hydrogen-bond donors (Lipinski definition) is 0. The minimum absolute atomic E-state index is 0.134. The van der Waals surface area contributed by atoms with E-state index in [4.69, 9.17) is 0 Å². The summed E-state index contributed by atoms with van der Waals surface area (Å²) in [6.07, 6.45) is 2.19. The van der Waals surface area contributed by atoms with Gasteiger partial charge in [0.1, 0.15) is 5.69 Å². The Hall–Kier alpha value is -1.42. The number of carbonyl (C=O) groups excluding carboxylic acids is 1. The first-order valence-corrected chi connectivity index (χ1v) is 5.60. The summed E-state index contributed by atoms with van der Waals surface area (Å²) in [7, 11) is 1.80. The van der Waals surface area contributed by atoms with Crippen LogP contribution in [0.1, 0.15) is 20.9 Å². The van der Waals surface area contributed by atoms with Crippen LogP contribution in [0.4, 0.5) is 0 Å². The second kappa shape index (κ2) is 3.98. The summed E-state index contributed by atoms with van der Waals surface area (Å²) in [5, 5.41) is 6.05. The molecule has 0 aliphatic carbocycles. The van der Waals surface area contributed by atoms with Crippen molar-refractivity contribution in [1.82, 2.24) is 9.78 Å². The summed E-state index contributed by atoms with van der Waals surface area (Å²) in [6.45, 7) is 1.91. The Morgan fingerprint density at radius 3 is 2.93 bits per heavy atom. The standard InChI is InChI=1S/C11H12N2OS/c1-8-7-12-13(2)11(8)10(14)6-9-4-3-5-15-9/h3-5,7H,6H2,1-2H3. The van der Waals surface area contributed by atoms with Gasteiger partial charge in [-0.25, -0.2) is 0 Å². The van der Waals surface area contributed by atoms with Crippen molar-refractivity contribution >= 4 is 17.1 Å². The maximum absolute atomic E-state index is 12.0. The van der Waals surface area contributed by atoms with Crippen LogP contribution < -0.4 is 0 Å². The molecule has 2 heterocycles. The lowest BCUT2D eigenvalue weighted by Gasteiger charge is -2.01. The SMILES string of the molecule is Cc1cnn(C)c1C(=O)Cc1cccs1. The largest absolute Gasteiger partial charge is 0.292 e. The molecule has 78 valence electrons. The van der Waals surface area contributed by atoms with E-state index in [-0.39, 0.29) is 5.78 Å². The minimum Gasteiger partial charge on any atom is -0.292 e. The normalized spacial score (nSPS) is 10.5. The van der Waals surface area contributed by atoms with E-state index in [1.54, 1.807) is 29.3 Å². The van der Waals surface area contributed by atoms with Gasteiger partial charge in [-0.05, 0) is 23.9 Å². The zero-order valence-corrected chi connectivity index (χ0v) is 9.54. The van der Waals surface area contributed by atoms with Crippen LogP contribution >= 0.6 is 11.3 Å². The molecule has 2 aromatic rings. The van der Waals surface area contributed by atoms with Gasteiger partial charge in [-0.15, -0.1) is 11.3 Å². The molecule has 2 aromatic heterocycles. The van der Waals surface area contributed by atoms with Crippen LogP contribution in [0.25, 0.3) is 0 Å². The number of carbonyl (C=O) groups is 1. The molecule has 4 heteroatoms. The van der Waals surface area contributed by atoms with Crippen LogP contribution in [0.15, 0.2) is 23.7 Å². The molecule has 0 amide bonds. The van der Waals surface area contributed by atoms with E-state index in [1.165, 1.54) is 0 Å². The summed E-state index contributed by atoms with van der Waals surface area (Å²) >= 11 is 1.61. The average Bonchev–Trinajstić information content (AvgIpc) is 2.77. The van der Waals surface area contributed by atoms with Crippen LogP contribution in [0.3, 0.4) is 0 Å². The fourth-order valence-electron chi connectivity index (χ4n) is 1.60. The van der Waals surface area contributed by atoms with Crippen molar-refractivity contribution in [2.45, 2.75) is 13.3 Å². The quantitative estimate of drug-likeness (QED) is 0.743. The highest BCUT2D eigenvalue weighted by atomic mass is 32.1. The van der Waals surface area contributed by atoms with Crippen molar-refractivity contribution in [2.75, 3.05) is 0 Å². The minimum atomic E-state index is 0.134. The first-order chi connectivity index (χ1) is 7.18. The van der Waals surface area contributed by atoms with Crippen molar-refractivity contribution in [3.8, 4) is 0 Å². The zero-order valence-electron chi connectivity index (χ0n) is 8.73. The first kappa shape index (κ1) is 10.1. The number of aromatic nitrogens is 2. The van der Waals surface area contributed by atoms with Gasteiger partial charge in [-0.2, -0.15) is 5.10 Å². The molecule has 0 saturated carbocycles. The van der Waals surface area contributed by atoms with Crippen LogP contribution in [-0.4, -0.2) is 15.6 Å². The molecular weight excluding hydrogens is 208 g/mol. The molecule has 3 nitrogen and oxygen atoms in total. The Balaban J connectivity index is 2.22. The van der Waals surface area contributed by atoms with Gasteiger partial charge in [0.25, 0.3) is 0 Å². The Kier molecular flexibility index (Phi) is 2.68. The lowest BCUT2D eigenvalue weighted by atomic mass is 10.1. The molecule has 0 aromatic carbocycles. The number of ketones is 1. The summed E-state index contributed by atoms with van der Waals surface area (Å²) < 4.78 is 1.64. The fourth-order valence-corrected chi connectivity index (χ4v) is 2.31. The van der Waals surface area contributed by atoms with E-state index < -0.39 is 0 Å². The lowest BCUT2D eigenvalue weighted by Crippen LogP contribution is -2.10. The molecule has 0 aliphatic rings. The Labute approximate surface area is 92.4 Å². The number of nitrogens with zero attached hydrogens (tertiary/aromatic N) is 2. The Bertz CT molecular complexity index is 451. The van der Waals surface area contributed by atoms with Gasteiger partial charge in [0.15, 0.2) is 5.78 Å². The molecule has 0 fully saturated rings. The third kappa shape index (κ3) is 1.99. The molecule has 0 spiro atoms. The van der Waals surface area contributed by atoms with Gasteiger partial charge in [-0.3, -0.25) is 9.48 Å². The second-order valence-electron chi connectivity index (χ2n) is 3.48. The molecule has 0 N–H and O–H groups in total. The van der Waals surface area contributed by atoms with Gasteiger partial charge in [0.05, 0.1) is 6.20 Å². The van der Waals surface area contributed by atoms with Crippen molar-refractivity contribution < 1.29 is 4.79 Å². The molecule has 0 saturated heterocycles. The fraction of sp³-hybridized carbons (Fsp3) is 0.273. The van der Waals surface area contributed by atoms with Gasteiger partial charge >= 0.3 is 0 Å². The highest BCUT2D eigenvalue weighted by Gasteiger charge is 2.14. The van der Waals surface area contributed by atoms with Gasteiger partial charge in [0.2, 0.25) is 0 Å². The molecule has 0 unspecified atom stereocenters. The van der Waals surface area contributed by atoms with Crippen molar-refractivity contribution in [3.63, 3.8) is 0 Å². The summed E-state index contributed by atoms with van der Waals surface area (Å²) in [4.78, 5) is 13.1. The van der Waals surface area contributed by atoms with Gasteiger partial charge in [0, 0.05) is 18.3 Å². The summed E-state index contributed by atoms with van der Waals surface area (Å²) in [6, 6.07) is 3.94. The van der Waals surface area contributed by atoms with Crippen LogP contribution in [0.2, 0.25) is 0 Å². The molecular formula is C11H12N2OS. The van der Waals surface area contributed by atoms with E-state index in [1.807, 2.05) is 24.4 Å². The van der Waals surface area contributed by atoms with E-state index in [2.05, 4.69) is 5.10 Å². The third-order valence-electron chi connectivity index (χ3n) is 2.30. The third-order valence-corrected chi connectivity index (χ3v) is 3.18. The Morgan fingerprint density at radius 2 is 2.40 bits per heavy atom. The van der Waals surface area contributed by atoms with Crippen LogP contribution in [0.5, 0.6) is 0 Å². The predicted octanol–water partition coefficient (Wildman–Crippen LogP) is 2.22. The van der Waals surface area contributed by atoms with Crippen molar-refractivity contribution in [1.29, 1.82) is 0 Å². The van der Waals surface area contributed by atoms with Gasteiger partial charge < -0.3 is 0 Å². The molecule has 0 radical (unpaired) electrons. The first-order valence-electron chi connectivity index (χ1n) is 4.72. The van der Waals surface area contributed by atoms with E-state index in [0.717, 1.165) is 10.4 Å². The summed E-state index contributed by atoms with van der Waals surface area (Å²) in [5.74, 6) is 0.134. The highest BCUT2D eigenvalue weighted by Crippen LogP contribution is 2.14. The number of rotatable bonds is 3. The molecule has 0 aliphatic heterocycles. The van der Waals surface area contributed by atoms with E-state index >= 15 is 0 Å². The number of aryl methyl sites for hydroxylation is 2.